The van der Waals surface area contributed by atoms with Gasteiger partial charge in [-0.15, -0.1) is 0 Å². The first kappa shape index (κ1) is 12.4. The molecule has 7 nitrogen and oxygen atoms in total. The number of nitrogen functional groups attached to an aromatic ring is 1. The van der Waals surface area contributed by atoms with Gasteiger partial charge in [0.2, 0.25) is 10.0 Å². The second-order valence-corrected chi connectivity index (χ2v) is 5.19. The molecular weight excluding hydrogens is 254 g/mol. The van der Waals surface area contributed by atoms with Gasteiger partial charge in [0.15, 0.2) is 0 Å². The van der Waals surface area contributed by atoms with Crippen molar-refractivity contribution in [3.8, 4) is 0 Å². The van der Waals surface area contributed by atoms with Gasteiger partial charge < -0.3 is 5.73 Å². The first-order chi connectivity index (χ1) is 8.59. The Labute approximate surface area is 104 Å². The summed E-state index contributed by atoms with van der Waals surface area (Å²) in [6.45, 7) is 0.0461. The molecule has 0 aliphatic rings. The molecule has 0 radical (unpaired) electrons. The van der Waals surface area contributed by atoms with Crippen molar-refractivity contribution in [2.75, 3.05) is 5.73 Å². The molecule has 2 aromatic heterocycles. The fourth-order valence-corrected chi connectivity index (χ4v) is 2.36. The van der Waals surface area contributed by atoms with Crippen LogP contribution in [0.4, 0.5) is 5.69 Å². The van der Waals surface area contributed by atoms with Crippen molar-refractivity contribution >= 4 is 15.7 Å². The molecule has 0 spiro atoms. The maximum absolute atomic E-state index is 11.9. The number of hydrogen-bond acceptors (Lipinski definition) is 6. The second-order valence-electron chi connectivity index (χ2n) is 3.45. The Morgan fingerprint density at radius 1 is 1.28 bits per heavy atom. The van der Waals surface area contributed by atoms with Crippen LogP contribution >= 0.6 is 0 Å². The highest BCUT2D eigenvalue weighted by Gasteiger charge is 2.17. The molecule has 0 saturated heterocycles. The van der Waals surface area contributed by atoms with Crippen LogP contribution in [0.15, 0.2) is 41.7 Å². The molecule has 0 amide bonds. The van der Waals surface area contributed by atoms with E-state index in [4.69, 9.17) is 5.73 Å². The van der Waals surface area contributed by atoms with Crippen molar-refractivity contribution in [1.82, 2.24) is 19.9 Å². The molecule has 0 aromatic carbocycles. The summed E-state index contributed by atoms with van der Waals surface area (Å²) in [4.78, 5) is 3.69. The lowest BCUT2D eigenvalue weighted by molar-refractivity contribution is 0.580. The van der Waals surface area contributed by atoms with E-state index in [9.17, 15) is 8.42 Å². The molecule has 3 N–H and O–H groups in total. The SMILES string of the molecule is Nc1ccncc1S(=O)(=O)NCc1cccnn1. The summed E-state index contributed by atoms with van der Waals surface area (Å²) in [7, 11) is -3.69. The number of rotatable bonds is 4. The Balaban J connectivity index is 2.16. The Morgan fingerprint density at radius 3 is 2.78 bits per heavy atom. The standard InChI is InChI=1S/C10H11N5O2S/c11-9-3-5-12-7-10(9)18(16,17)14-6-8-2-1-4-13-15-8/h1-5,7,14H,6H2,(H2,11,12). The van der Waals surface area contributed by atoms with Gasteiger partial charge in [0.05, 0.1) is 17.9 Å². The number of hydrogen-bond donors (Lipinski definition) is 2. The number of nitrogens with two attached hydrogens (primary N) is 1. The third-order valence-corrected chi connectivity index (χ3v) is 3.62. The van der Waals surface area contributed by atoms with Crippen molar-refractivity contribution < 1.29 is 8.42 Å². The molecule has 94 valence electrons. The van der Waals surface area contributed by atoms with Crippen LogP contribution in [0.2, 0.25) is 0 Å². The normalized spacial score (nSPS) is 11.3. The van der Waals surface area contributed by atoms with Gasteiger partial charge in [-0.3, -0.25) is 4.98 Å². The highest BCUT2D eigenvalue weighted by atomic mass is 32.2. The van der Waals surface area contributed by atoms with Gasteiger partial charge in [0, 0.05) is 18.6 Å². The molecule has 2 rings (SSSR count). The third-order valence-electron chi connectivity index (χ3n) is 2.18. The lowest BCUT2D eigenvalue weighted by Crippen LogP contribution is -2.24. The number of nitrogens with one attached hydrogen (secondary N) is 1. The van der Waals surface area contributed by atoms with Crippen LogP contribution in [0, 0.1) is 0 Å². The van der Waals surface area contributed by atoms with Crippen molar-refractivity contribution in [3.63, 3.8) is 0 Å². The summed E-state index contributed by atoms with van der Waals surface area (Å²) in [5.74, 6) is 0. The largest absolute Gasteiger partial charge is 0.398 e. The molecule has 0 atom stereocenters. The molecular formula is C10H11N5O2S. The highest BCUT2D eigenvalue weighted by molar-refractivity contribution is 7.89. The van der Waals surface area contributed by atoms with Crippen molar-refractivity contribution in [2.24, 2.45) is 0 Å². The molecule has 18 heavy (non-hydrogen) atoms. The molecule has 0 aliphatic heterocycles. The van der Waals surface area contributed by atoms with Crippen molar-refractivity contribution in [2.45, 2.75) is 11.4 Å². The summed E-state index contributed by atoms with van der Waals surface area (Å²) in [5, 5.41) is 7.43. The summed E-state index contributed by atoms with van der Waals surface area (Å²) in [6.07, 6.45) is 4.14. The average Bonchev–Trinajstić information content (AvgIpc) is 2.38. The lowest BCUT2D eigenvalue weighted by atomic mass is 10.4. The monoisotopic (exact) mass is 265 g/mol. The lowest BCUT2D eigenvalue weighted by Gasteiger charge is -2.07. The summed E-state index contributed by atoms with van der Waals surface area (Å²) >= 11 is 0. The fraction of sp³-hybridized carbons (Fsp3) is 0.100. The average molecular weight is 265 g/mol. The van der Waals surface area contributed by atoms with Crippen molar-refractivity contribution in [1.29, 1.82) is 0 Å². The van der Waals surface area contributed by atoms with Gasteiger partial charge in [0.25, 0.3) is 0 Å². The van der Waals surface area contributed by atoms with Crippen LogP contribution in [-0.4, -0.2) is 23.6 Å². The highest BCUT2D eigenvalue weighted by Crippen LogP contribution is 2.15. The summed E-state index contributed by atoms with van der Waals surface area (Å²) in [6, 6.07) is 4.77. The number of nitrogens with zero attached hydrogens (tertiary/aromatic N) is 3. The van der Waals surface area contributed by atoms with E-state index in [1.807, 2.05) is 0 Å². The second kappa shape index (κ2) is 5.07. The van der Waals surface area contributed by atoms with Gasteiger partial charge in [-0.05, 0) is 18.2 Å². The van der Waals surface area contributed by atoms with Crippen LogP contribution in [0.3, 0.4) is 0 Å². The predicted molar refractivity (Wildman–Crippen MR) is 64.7 cm³/mol. The quantitative estimate of drug-likeness (QED) is 0.800. The number of sulfonamides is 1. The summed E-state index contributed by atoms with van der Waals surface area (Å²) in [5.41, 5.74) is 6.26. The Kier molecular flexibility index (Phi) is 3.49. The van der Waals surface area contributed by atoms with E-state index < -0.39 is 10.0 Å². The van der Waals surface area contributed by atoms with E-state index in [1.165, 1.54) is 24.7 Å². The van der Waals surface area contributed by atoms with E-state index in [0.717, 1.165) is 0 Å². The molecule has 0 saturated carbocycles. The maximum atomic E-state index is 11.9. The third kappa shape index (κ3) is 2.79. The van der Waals surface area contributed by atoms with Gasteiger partial charge in [-0.25, -0.2) is 13.1 Å². The maximum Gasteiger partial charge on any atom is 0.244 e. The molecule has 0 bridgehead atoms. The topological polar surface area (TPSA) is 111 Å². The van der Waals surface area contributed by atoms with Crippen LogP contribution in [-0.2, 0) is 16.6 Å². The molecule has 0 unspecified atom stereocenters. The zero-order valence-corrected chi connectivity index (χ0v) is 10.1. The summed E-state index contributed by atoms with van der Waals surface area (Å²) < 4.78 is 26.3. The smallest absolute Gasteiger partial charge is 0.244 e. The number of pyridine rings is 1. The van der Waals surface area contributed by atoms with Gasteiger partial charge in [0.1, 0.15) is 4.90 Å². The Bertz CT molecular complexity index is 630. The van der Waals surface area contributed by atoms with E-state index in [1.54, 1.807) is 12.1 Å². The minimum absolute atomic E-state index is 0.0461. The minimum Gasteiger partial charge on any atom is -0.398 e. The van der Waals surface area contributed by atoms with Gasteiger partial charge >= 0.3 is 0 Å². The van der Waals surface area contributed by atoms with E-state index >= 15 is 0 Å². The van der Waals surface area contributed by atoms with Crippen molar-refractivity contribution in [3.05, 3.63) is 42.5 Å². The molecule has 2 heterocycles. The molecule has 8 heteroatoms. The van der Waals surface area contributed by atoms with Crippen LogP contribution < -0.4 is 10.5 Å². The van der Waals surface area contributed by atoms with Crippen LogP contribution in [0.25, 0.3) is 0 Å². The molecule has 2 aromatic rings. The number of aromatic nitrogens is 3. The van der Waals surface area contributed by atoms with E-state index in [0.29, 0.717) is 5.69 Å². The van der Waals surface area contributed by atoms with Crippen LogP contribution in [0.5, 0.6) is 0 Å². The van der Waals surface area contributed by atoms with Crippen LogP contribution in [0.1, 0.15) is 5.69 Å². The predicted octanol–water partition coefficient (Wildman–Crippen LogP) is -0.0677. The Morgan fingerprint density at radius 2 is 2.11 bits per heavy atom. The van der Waals surface area contributed by atoms with Gasteiger partial charge in [-0.1, -0.05) is 0 Å². The molecule has 0 fully saturated rings. The first-order valence-corrected chi connectivity index (χ1v) is 6.53. The van der Waals surface area contributed by atoms with E-state index in [2.05, 4.69) is 19.9 Å². The fourth-order valence-electron chi connectivity index (χ4n) is 1.29. The molecule has 0 aliphatic carbocycles. The van der Waals surface area contributed by atoms with E-state index in [-0.39, 0.29) is 17.1 Å². The number of anilines is 1. The Hall–Kier alpha value is -2.06. The van der Waals surface area contributed by atoms with Gasteiger partial charge in [-0.2, -0.15) is 10.2 Å². The zero-order valence-electron chi connectivity index (χ0n) is 9.31. The minimum atomic E-state index is -3.69. The first-order valence-electron chi connectivity index (χ1n) is 5.05. The zero-order chi connectivity index (χ0) is 13.0.